The summed E-state index contributed by atoms with van der Waals surface area (Å²) in [6, 6.07) is 73.3. The molecule has 252 valence electrons. The van der Waals surface area contributed by atoms with Crippen LogP contribution in [-0.2, 0) is 6.42 Å². The first-order valence-corrected chi connectivity index (χ1v) is 19.4. The van der Waals surface area contributed by atoms with Crippen molar-refractivity contribution >= 4 is 19.5 Å². The van der Waals surface area contributed by atoms with Gasteiger partial charge in [0, 0.05) is 0 Å². The molecule has 8 aromatic rings. The van der Waals surface area contributed by atoms with Crippen molar-refractivity contribution < 1.29 is 0 Å². The number of allylic oxidation sites excluding steroid dienone is 2. The molecule has 8 aromatic carbocycles. The van der Waals surface area contributed by atoms with Crippen molar-refractivity contribution in [1.82, 2.24) is 0 Å². The van der Waals surface area contributed by atoms with Gasteiger partial charge in [-0.05, 0) is 126 Å². The van der Waals surface area contributed by atoms with Gasteiger partial charge in [0.05, 0.1) is 0 Å². The molecule has 0 aliphatic carbocycles. The maximum Gasteiger partial charge on any atom is -0.00115 e. The van der Waals surface area contributed by atoms with Gasteiger partial charge >= 0.3 is 0 Å². The molecule has 0 saturated carbocycles. The van der Waals surface area contributed by atoms with Crippen molar-refractivity contribution in [1.29, 1.82) is 0 Å². The number of benzene rings is 8. The second-order valence-corrected chi connectivity index (χ2v) is 15.2. The first-order valence-electron chi connectivity index (χ1n) is 18.4. The predicted molar refractivity (Wildman–Crippen MR) is 230 cm³/mol. The maximum atomic E-state index is 2.44. The van der Waals surface area contributed by atoms with Crippen LogP contribution in [0.15, 0.2) is 206 Å². The minimum absolute atomic E-state index is 0.745. The van der Waals surface area contributed by atoms with Crippen LogP contribution in [0.25, 0.3) is 72.3 Å². The van der Waals surface area contributed by atoms with Crippen LogP contribution in [0.1, 0.15) is 18.1 Å². The summed E-state index contributed by atoms with van der Waals surface area (Å²) in [5, 5.41) is 3.04. The van der Waals surface area contributed by atoms with E-state index in [2.05, 4.69) is 207 Å². The predicted octanol–water partition coefficient (Wildman–Crippen LogP) is 14.0. The SMILES string of the molecule is C/C(=C1\Cc2ccccc2P1)c1cccc(-c2cccc(-c3cc(-c4ccccc4)c(-c4ccccc4)c(-c4ccccc4)c3-c3ccccc3)c2)c1. The smallest absolute Gasteiger partial charge is 0.00115 e. The summed E-state index contributed by atoms with van der Waals surface area (Å²) in [4.78, 5) is 0. The summed E-state index contributed by atoms with van der Waals surface area (Å²) < 4.78 is 0. The lowest BCUT2D eigenvalue weighted by Crippen LogP contribution is -1.98. The fourth-order valence-electron chi connectivity index (χ4n) is 7.85. The van der Waals surface area contributed by atoms with E-state index in [0.717, 1.165) is 15.0 Å². The van der Waals surface area contributed by atoms with Crippen LogP contribution in [0.5, 0.6) is 0 Å². The average Bonchev–Trinajstić information content (AvgIpc) is 3.69. The molecule has 9 rings (SSSR count). The Morgan fingerprint density at radius 3 is 1.43 bits per heavy atom. The summed E-state index contributed by atoms with van der Waals surface area (Å²) in [6.45, 7) is 2.31. The number of hydrogen-bond donors (Lipinski definition) is 0. The van der Waals surface area contributed by atoms with Crippen molar-refractivity contribution in [3.63, 3.8) is 0 Å². The second kappa shape index (κ2) is 14.5. The topological polar surface area (TPSA) is 0 Å². The first kappa shape index (κ1) is 32.8. The van der Waals surface area contributed by atoms with Gasteiger partial charge in [-0.2, -0.15) is 0 Å². The highest BCUT2D eigenvalue weighted by Gasteiger charge is 2.24. The average molecular weight is 695 g/mol. The minimum Gasteiger partial charge on any atom is -0.0626 e. The van der Waals surface area contributed by atoms with Crippen molar-refractivity contribution in [3.05, 3.63) is 217 Å². The largest absolute Gasteiger partial charge is 0.0626 e. The van der Waals surface area contributed by atoms with Crippen molar-refractivity contribution in [2.45, 2.75) is 13.3 Å². The fourth-order valence-corrected chi connectivity index (χ4v) is 9.30. The molecule has 0 amide bonds. The van der Waals surface area contributed by atoms with Gasteiger partial charge < -0.3 is 0 Å². The minimum atomic E-state index is 0.745. The van der Waals surface area contributed by atoms with E-state index in [0.29, 0.717) is 0 Å². The van der Waals surface area contributed by atoms with Crippen LogP contribution >= 0.6 is 8.58 Å². The Hall–Kier alpha value is -6.07. The van der Waals surface area contributed by atoms with Crippen LogP contribution in [0, 0.1) is 0 Å². The molecule has 0 nitrogen and oxygen atoms in total. The summed E-state index contributed by atoms with van der Waals surface area (Å²) >= 11 is 0. The Morgan fingerprint density at radius 1 is 0.377 bits per heavy atom. The van der Waals surface area contributed by atoms with Crippen LogP contribution in [0.3, 0.4) is 0 Å². The van der Waals surface area contributed by atoms with Gasteiger partial charge in [0.25, 0.3) is 0 Å². The van der Waals surface area contributed by atoms with Crippen LogP contribution < -0.4 is 5.30 Å². The Bertz CT molecular complexity index is 2560. The normalized spacial score (nSPS) is 13.5. The molecule has 0 spiro atoms. The third-order valence-corrected chi connectivity index (χ3v) is 12.1. The van der Waals surface area contributed by atoms with E-state index >= 15 is 0 Å². The molecule has 1 unspecified atom stereocenters. The van der Waals surface area contributed by atoms with E-state index < -0.39 is 0 Å². The van der Waals surface area contributed by atoms with Crippen molar-refractivity contribution in [2.24, 2.45) is 0 Å². The molecule has 0 radical (unpaired) electrons. The molecule has 1 heteroatoms. The fraction of sp³-hybridized carbons (Fsp3) is 0.0385. The Kier molecular flexibility index (Phi) is 8.98. The highest BCUT2D eigenvalue weighted by Crippen LogP contribution is 2.50. The second-order valence-electron chi connectivity index (χ2n) is 13.8. The molecule has 53 heavy (non-hydrogen) atoms. The van der Waals surface area contributed by atoms with Gasteiger partial charge in [-0.3, -0.25) is 0 Å². The molecule has 0 N–H and O–H groups in total. The highest BCUT2D eigenvalue weighted by atomic mass is 31.1. The number of hydrogen-bond acceptors (Lipinski definition) is 0. The zero-order chi connectivity index (χ0) is 35.6. The van der Waals surface area contributed by atoms with E-state index in [1.807, 2.05) is 0 Å². The molecule has 0 fully saturated rings. The molecular weight excluding hydrogens is 656 g/mol. The van der Waals surface area contributed by atoms with E-state index in [-0.39, 0.29) is 0 Å². The van der Waals surface area contributed by atoms with E-state index in [1.165, 1.54) is 88.8 Å². The Labute approximate surface area is 315 Å². The molecule has 1 heterocycles. The van der Waals surface area contributed by atoms with Gasteiger partial charge in [-0.1, -0.05) is 191 Å². The summed E-state index contributed by atoms with van der Waals surface area (Å²) in [5.74, 6) is 0. The molecule has 1 aliphatic rings. The summed E-state index contributed by atoms with van der Waals surface area (Å²) in [6.07, 6.45) is 1.05. The monoisotopic (exact) mass is 694 g/mol. The molecule has 0 saturated heterocycles. The molecule has 0 bridgehead atoms. The van der Waals surface area contributed by atoms with Gasteiger partial charge in [-0.15, -0.1) is 0 Å². The zero-order valence-electron chi connectivity index (χ0n) is 29.8. The summed E-state index contributed by atoms with van der Waals surface area (Å²) in [5.41, 5.74) is 18.8. The van der Waals surface area contributed by atoms with Gasteiger partial charge in [0.1, 0.15) is 0 Å². The lowest BCUT2D eigenvalue weighted by molar-refractivity contribution is 1.28. The lowest BCUT2D eigenvalue weighted by Gasteiger charge is -2.24. The van der Waals surface area contributed by atoms with E-state index in [4.69, 9.17) is 0 Å². The summed E-state index contributed by atoms with van der Waals surface area (Å²) in [7, 11) is 0.745. The van der Waals surface area contributed by atoms with E-state index in [9.17, 15) is 0 Å². The highest BCUT2D eigenvalue weighted by molar-refractivity contribution is 7.52. The standard InChI is InChI=1S/C52H39P/c1-36(49-34-45-26-14-15-31-48(45)53-49)41-27-16-28-42(32-41)43-29-17-30-44(33-43)47-35-46(37-18-6-2-7-19-37)50(38-20-8-3-9-21-38)52(40-24-12-5-13-25-40)51(47)39-22-10-4-11-23-39/h2-33,35,53H,34H2,1H3/b49-36-. The zero-order valence-corrected chi connectivity index (χ0v) is 30.8. The Balaban J connectivity index is 1.27. The molecular formula is C52H39P. The maximum absolute atomic E-state index is 2.44. The molecule has 1 aliphatic heterocycles. The molecule has 0 aromatic heterocycles. The lowest BCUT2D eigenvalue weighted by atomic mass is 9.78. The molecule has 1 atom stereocenters. The first-order chi connectivity index (χ1) is 26.2. The van der Waals surface area contributed by atoms with Gasteiger partial charge in [0.2, 0.25) is 0 Å². The Morgan fingerprint density at radius 2 is 0.830 bits per heavy atom. The third kappa shape index (κ3) is 6.48. The quantitative estimate of drug-likeness (QED) is 0.146. The van der Waals surface area contributed by atoms with Gasteiger partial charge in [-0.25, -0.2) is 0 Å². The van der Waals surface area contributed by atoms with Gasteiger partial charge in [0.15, 0.2) is 0 Å². The third-order valence-electron chi connectivity index (χ3n) is 10.5. The van der Waals surface area contributed by atoms with Crippen molar-refractivity contribution in [3.8, 4) is 66.8 Å². The number of fused-ring (bicyclic) bond motifs is 1. The van der Waals surface area contributed by atoms with E-state index in [1.54, 1.807) is 5.31 Å². The van der Waals surface area contributed by atoms with Crippen LogP contribution in [0.4, 0.5) is 0 Å². The van der Waals surface area contributed by atoms with Crippen molar-refractivity contribution in [2.75, 3.05) is 0 Å². The number of rotatable bonds is 7. The van der Waals surface area contributed by atoms with Crippen LogP contribution in [0.2, 0.25) is 0 Å². The van der Waals surface area contributed by atoms with Crippen LogP contribution in [-0.4, -0.2) is 0 Å².